The monoisotopic (exact) mass is 263 g/mol. The van der Waals surface area contributed by atoms with E-state index in [1.807, 2.05) is 0 Å². The van der Waals surface area contributed by atoms with Gasteiger partial charge in [0.1, 0.15) is 18.5 Å². The van der Waals surface area contributed by atoms with Gasteiger partial charge in [0.2, 0.25) is 0 Å². The lowest BCUT2D eigenvalue weighted by atomic mass is 9.92. The molecule has 1 fully saturated rings. The second-order valence-corrected chi connectivity index (χ2v) is 5.40. The van der Waals surface area contributed by atoms with Crippen LogP contribution in [0.3, 0.4) is 0 Å². The Morgan fingerprint density at radius 2 is 1.95 bits per heavy atom. The van der Waals surface area contributed by atoms with Crippen LogP contribution in [0.5, 0.6) is 5.75 Å². The van der Waals surface area contributed by atoms with Crippen molar-refractivity contribution in [3.05, 3.63) is 28.8 Å². The summed E-state index contributed by atoms with van der Waals surface area (Å²) in [5.74, 6) is 0.960. The molecule has 2 heterocycles. The third-order valence-electron chi connectivity index (χ3n) is 4.23. The molecule has 0 bridgehead atoms. The van der Waals surface area contributed by atoms with Gasteiger partial charge >= 0.3 is 0 Å². The molecule has 2 unspecified atom stereocenters. The molecule has 19 heavy (non-hydrogen) atoms. The van der Waals surface area contributed by atoms with E-state index in [1.165, 1.54) is 11.1 Å². The second kappa shape index (κ2) is 5.12. The first-order valence-electron chi connectivity index (χ1n) is 6.91. The largest absolute Gasteiger partial charge is 0.490 e. The summed E-state index contributed by atoms with van der Waals surface area (Å²) >= 11 is 0. The third kappa shape index (κ3) is 2.24. The lowest BCUT2D eigenvalue weighted by molar-refractivity contribution is -0.0445. The first-order chi connectivity index (χ1) is 9.18. The smallest absolute Gasteiger partial charge is 0.127 e. The summed E-state index contributed by atoms with van der Waals surface area (Å²) in [7, 11) is 0. The maximum Gasteiger partial charge on any atom is 0.127 e. The molecule has 0 aliphatic carbocycles. The van der Waals surface area contributed by atoms with Gasteiger partial charge in [0.15, 0.2) is 0 Å². The number of benzene rings is 1. The Morgan fingerprint density at radius 3 is 2.68 bits per heavy atom. The predicted molar refractivity (Wildman–Crippen MR) is 72.6 cm³/mol. The molecule has 2 atom stereocenters. The standard InChI is InChI=1S/C15H21NO3/c1-10-3-4-12-14(16-5-7-18-8-6-16)13(17)9-19-15(12)11(10)2/h3-4,13-14,17H,5-9H2,1-2H3. The van der Waals surface area contributed by atoms with E-state index in [4.69, 9.17) is 9.47 Å². The van der Waals surface area contributed by atoms with Gasteiger partial charge < -0.3 is 14.6 Å². The summed E-state index contributed by atoms with van der Waals surface area (Å²) < 4.78 is 11.2. The first-order valence-corrected chi connectivity index (χ1v) is 6.91. The minimum atomic E-state index is -0.465. The van der Waals surface area contributed by atoms with E-state index >= 15 is 0 Å². The lowest BCUT2D eigenvalue weighted by Crippen LogP contribution is -2.47. The number of fused-ring (bicyclic) bond motifs is 1. The zero-order valence-corrected chi connectivity index (χ0v) is 11.6. The van der Waals surface area contributed by atoms with Crippen molar-refractivity contribution >= 4 is 0 Å². The molecule has 2 aliphatic heterocycles. The van der Waals surface area contributed by atoms with E-state index < -0.39 is 6.10 Å². The number of aliphatic hydroxyl groups excluding tert-OH is 1. The fraction of sp³-hybridized carbons (Fsp3) is 0.600. The van der Waals surface area contributed by atoms with Gasteiger partial charge in [-0.2, -0.15) is 0 Å². The van der Waals surface area contributed by atoms with E-state index in [-0.39, 0.29) is 6.04 Å². The highest BCUT2D eigenvalue weighted by Gasteiger charge is 2.35. The molecule has 104 valence electrons. The fourth-order valence-corrected chi connectivity index (χ4v) is 3.00. The van der Waals surface area contributed by atoms with E-state index in [1.54, 1.807) is 0 Å². The summed E-state index contributed by atoms with van der Waals surface area (Å²) in [4.78, 5) is 2.31. The number of nitrogens with zero attached hydrogens (tertiary/aromatic N) is 1. The number of morpholine rings is 1. The van der Waals surface area contributed by atoms with Crippen LogP contribution < -0.4 is 4.74 Å². The molecule has 0 radical (unpaired) electrons. The van der Waals surface area contributed by atoms with Gasteiger partial charge in [-0.3, -0.25) is 4.90 Å². The van der Waals surface area contributed by atoms with E-state index in [2.05, 4.69) is 30.9 Å². The molecular formula is C15H21NO3. The van der Waals surface area contributed by atoms with Crippen molar-refractivity contribution in [2.24, 2.45) is 0 Å². The highest BCUT2D eigenvalue weighted by atomic mass is 16.5. The van der Waals surface area contributed by atoms with Gasteiger partial charge in [-0.1, -0.05) is 12.1 Å². The first kappa shape index (κ1) is 12.9. The topological polar surface area (TPSA) is 41.9 Å². The van der Waals surface area contributed by atoms with Crippen LogP contribution in [-0.2, 0) is 4.74 Å². The molecule has 4 heteroatoms. The van der Waals surface area contributed by atoms with Gasteiger partial charge in [-0.25, -0.2) is 0 Å². The molecule has 3 rings (SSSR count). The SMILES string of the molecule is Cc1ccc2c(c1C)OCC(O)C2N1CCOCC1. The van der Waals surface area contributed by atoms with Gasteiger partial charge in [0.25, 0.3) is 0 Å². The van der Waals surface area contributed by atoms with Gasteiger partial charge in [0, 0.05) is 18.7 Å². The lowest BCUT2D eigenvalue weighted by Gasteiger charge is -2.40. The van der Waals surface area contributed by atoms with Crippen molar-refractivity contribution < 1.29 is 14.6 Å². The Labute approximate surface area is 113 Å². The highest BCUT2D eigenvalue weighted by Crippen LogP contribution is 2.39. The molecule has 4 nitrogen and oxygen atoms in total. The summed E-state index contributed by atoms with van der Waals surface area (Å²) in [6.45, 7) is 7.77. The number of rotatable bonds is 1. The minimum Gasteiger partial charge on any atom is -0.490 e. The van der Waals surface area contributed by atoms with Gasteiger partial charge in [-0.05, 0) is 25.0 Å². The normalized spacial score (nSPS) is 27.7. The van der Waals surface area contributed by atoms with Crippen LogP contribution in [-0.4, -0.2) is 49.0 Å². The molecular weight excluding hydrogens is 242 g/mol. The average Bonchev–Trinajstić information content (AvgIpc) is 2.44. The van der Waals surface area contributed by atoms with E-state index in [0.717, 1.165) is 37.6 Å². The van der Waals surface area contributed by atoms with E-state index in [0.29, 0.717) is 6.61 Å². The molecule has 2 aliphatic rings. The molecule has 0 aromatic heterocycles. The van der Waals surface area contributed by atoms with Crippen molar-refractivity contribution in [1.82, 2.24) is 4.90 Å². The Hall–Kier alpha value is -1.10. The third-order valence-corrected chi connectivity index (χ3v) is 4.23. The molecule has 1 aromatic rings. The summed E-state index contributed by atoms with van der Waals surface area (Å²) in [6.07, 6.45) is -0.465. The summed E-state index contributed by atoms with van der Waals surface area (Å²) in [6, 6.07) is 4.25. The van der Waals surface area contributed by atoms with Crippen LogP contribution in [0.4, 0.5) is 0 Å². The molecule has 1 saturated heterocycles. The number of ether oxygens (including phenoxy) is 2. The average molecular weight is 263 g/mol. The predicted octanol–water partition coefficient (Wildman–Crippen LogP) is 1.43. The van der Waals surface area contributed by atoms with Crippen LogP contribution in [0.1, 0.15) is 22.7 Å². The molecule has 1 aromatic carbocycles. The number of aryl methyl sites for hydroxylation is 1. The Kier molecular flexibility index (Phi) is 3.48. The zero-order chi connectivity index (χ0) is 13.4. The van der Waals surface area contributed by atoms with Crippen LogP contribution in [0.2, 0.25) is 0 Å². The molecule has 0 spiro atoms. The second-order valence-electron chi connectivity index (χ2n) is 5.40. The van der Waals surface area contributed by atoms with Crippen LogP contribution >= 0.6 is 0 Å². The molecule has 0 amide bonds. The highest BCUT2D eigenvalue weighted by molar-refractivity contribution is 5.48. The summed E-state index contributed by atoms with van der Waals surface area (Å²) in [5, 5.41) is 10.3. The Balaban J connectivity index is 1.99. The van der Waals surface area contributed by atoms with Crippen LogP contribution in [0.25, 0.3) is 0 Å². The fourth-order valence-electron chi connectivity index (χ4n) is 3.00. The van der Waals surface area contributed by atoms with E-state index in [9.17, 15) is 5.11 Å². The van der Waals surface area contributed by atoms with Gasteiger partial charge in [-0.15, -0.1) is 0 Å². The van der Waals surface area contributed by atoms with Crippen molar-refractivity contribution in [3.63, 3.8) is 0 Å². The van der Waals surface area contributed by atoms with Crippen molar-refractivity contribution in [1.29, 1.82) is 0 Å². The minimum absolute atomic E-state index is 0.0342. The maximum absolute atomic E-state index is 10.3. The number of aliphatic hydroxyl groups is 1. The molecule has 0 saturated carbocycles. The number of hydrogen-bond acceptors (Lipinski definition) is 4. The number of hydrogen-bond donors (Lipinski definition) is 1. The quantitative estimate of drug-likeness (QED) is 0.832. The zero-order valence-electron chi connectivity index (χ0n) is 11.6. The van der Waals surface area contributed by atoms with Crippen LogP contribution in [0, 0.1) is 13.8 Å². The van der Waals surface area contributed by atoms with Crippen molar-refractivity contribution in [2.45, 2.75) is 26.0 Å². The van der Waals surface area contributed by atoms with Gasteiger partial charge in [0.05, 0.1) is 19.3 Å². The summed E-state index contributed by atoms with van der Waals surface area (Å²) in [5.41, 5.74) is 3.53. The Morgan fingerprint density at radius 1 is 1.21 bits per heavy atom. The van der Waals surface area contributed by atoms with Crippen LogP contribution in [0.15, 0.2) is 12.1 Å². The van der Waals surface area contributed by atoms with Crippen molar-refractivity contribution in [3.8, 4) is 5.75 Å². The molecule has 1 N–H and O–H groups in total. The Bertz CT molecular complexity index is 469. The maximum atomic E-state index is 10.3. The van der Waals surface area contributed by atoms with Crippen molar-refractivity contribution in [2.75, 3.05) is 32.9 Å².